The lowest BCUT2D eigenvalue weighted by molar-refractivity contribution is -0.0443. The quantitative estimate of drug-likeness (QED) is 0.787. The van der Waals surface area contributed by atoms with Crippen LogP contribution in [0.5, 0.6) is 5.88 Å². The minimum atomic E-state index is -0.753. The average molecular weight is 338 g/mol. The summed E-state index contributed by atoms with van der Waals surface area (Å²) in [7, 11) is 1.49. The van der Waals surface area contributed by atoms with Crippen molar-refractivity contribution in [2.45, 2.75) is 18.4 Å². The highest BCUT2D eigenvalue weighted by Gasteiger charge is 2.48. The first kappa shape index (κ1) is 15.6. The van der Waals surface area contributed by atoms with E-state index in [1.807, 2.05) is 18.2 Å². The molecule has 1 fully saturated rings. The van der Waals surface area contributed by atoms with E-state index in [2.05, 4.69) is 4.98 Å². The number of esters is 1. The summed E-state index contributed by atoms with van der Waals surface area (Å²) < 4.78 is 11.0. The maximum absolute atomic E-state index is 13.0. The third-order valence-electron chi connectivity index (χ3n) is 4.86. The number of rotatable bonds is 2. The molecule has 1 aromatic heterocycles. The summed E-state index contributed by atoms with van der Waals surface area (Å²) in [6, 6.07) is 10.8. The summed E-state index contributed by atoms with van der Waals surface area (Å²) in [6.45, 7) is 0.949. The Bertz CT molecular complexity index is 851. The third-order valence-corrected chi connectivity index (χ3v) is 4.86. The van der Waals surface area contributed by atoms with Crippen LogP contribution in [-0.2, 0) is 10.3 Å². The molecule has 1 atom stereocenters. The fraction of sp³-hybridized carbons (Fsp3) is 0.316. The van der Waals surface area contributed by atoms with E-state index in [-0.39, 0.29) is 11.9 Å². The van der Waals surface area contributed by atoms with Crippen molar-refractivity contribution in [3.05, 3.63) is 59.3 Å². The predicted molar refractivity (Wildman–Crippen MR) is 89.5 cm³/mol. The van der Waals surface area contributed by atoms with Crippen LogP contribution in [0.25, 0.3) is 0 Å². The number of pyridine rings is 1. The van der Waals surface area contributed by atoms with Crippen LogP contribution in [0, 0.1) is 0 Å². The Labute approximate surface area is 145 Å². The lowest BCUT2D eigenvalue weighted by Gasteiger charge is -2.39. The molecule has 0 N–H and O–H groups in total. The Balaban J connectivity index is 1.66. The first-order valence-corrected chi connectivity index (χ1v) is 8.26. The zero-order chi connectivity index (χ0) is 17.4. The number of hydrogen-bond donors (Lipinski definition) is 0. The van der Waals surface area contributed by atoms with E-state index >= 15 is 0 Å². The summed E-state index contributed by atoms with van der Waals surface area (Å²) in [5.41, 5.74) is 1.13. The van der Waals surface area contributed by atoms with E-state index in [1.165, 1.54) is 7.11 Å². The lowest BCUT2D eigenvalue weighted by Crippen LogP contribution is -2.48. The van der Waals surface area contributed by atoms with Crippen molar-refractivity contribution < 1.29 is 19.1 Å². The molecule has 1 spiro atoms. The van der Waals surface area contributed by atoms with Crippen LogP contribution in [0.3, 0.4) is 0 Å². The summed E-state index contributed by atoms with van der Waals surface area (Å²) in [4.78, 5) is 31.0. The van der Waals surface area contributed by atoms with Gasteiger partial charge in [-0.05, 0) is 31.0 Å². The lowest BCUT2D eigenvalue weighted by atomic mass is 9.85. The van der Waals surface area contributed by atoms with Crippen molar-refractivity contribution in [3.8, 4) is 5.88 Å². The van der Waals surface area contributed by atoms with Crippen LogP contribution in [0.2, 0.25) is 0 Å². The first-order chi connectivity index (χ1) is 12.1. The molecule has 1 amide bonds. The Kier molecular flexibility index (Phi) is 3.67. The summed E-state index contributed by atoms with van der Waals surface area (Å²) in [5.74, 6) is -0.177. The molecule has 1 saturated heterocycles. The van der Waals surface area contributed by atoms with Gasteiger partial charge in [-0.1, -0.05) is 18.2 Å². The summed E-state index contributed by atoms with van der Waals surface area (Å²) >= 11 is 0. The molecule has 2 aliphatic heterocycles. The van der Waals surface area contributed by atoms with E-state index in [9.17, 15) is 9.59 Å². The Morgan fingerprint density at radius 3 is 2.96 bits per heavy atom. The van der Waals surface area contributed by atoms with Gasteiger partial charge in [-0.3, -0.25) is 4.79 Å². The van der Waals surface area contributed by atoms with Crippen LogP contribution < -0.4 is 4.74 Å². The molecule has 1 aromatic carbocycles. The second-order valence-corrected chi connectivity index (χ2v) is 6.32. The van der Waals surface area contributed by atoms with Crippen molar-refractivity contribution in [1.29, 1.82) is 0 Å². The van der Waals surface area contributed by atoms with Gasteiger partial charge >= 0.3 is 5.97 Å². The molecular weight excluding hydrogens is 320 g/mol. The summed E-state index contributed by atoms with van der Waals surface area (Å²) in [5, 5.41) is 0. The van der Waals surface area contributed by atoms with E-state index in [4.69, 9.17) is 9.47 Å². The number of carbonyl (C=O) groups is 2. The number of amides is 1. The number of nitrogens with zero attached hydrogens (tertiary/aromatic N) is 2. The normalized spacial score (nSPS) is 21.8. The molecule has 2 aliphatic rings. The minimum absolute atomic E-state index is 0.163. The third kappa shape index (κ3) is 2.45. The van der Waals surface area contributed by atoms with Crippen molar-refractivity contribution >= 4 is 11.9 Å². The standard InChI is InChI=1S/C19H18N2O4/c1-24-16-14(7-4-10-20-16)17(22)21-11-5-9-19(12-21)15-8-3-2-6-13(15)18(23)25-19/h2-4,6-8,10H,5,9,11-12H2,1H3/t19-/m0/s1. The van der Waals surface area contributed by atoms with Crippen LogP contribution >= 0.6 is 0 Å². The van der Waals surface area contributed by atoms with Gasteiger partial charge in [0.05, 0.1) is 19.2 Å². The number of aromatic nitrogens is 1. The Morgan fingerprint density at radius 1 is 1.28 bits per heavy atom. The average Bonchev–Trinajstić information content (AvgIpc) is 2.93. The fourth-order valence-corrected chi connectivity index (χ4v) is 3.73. The topological polar surface area (TPSA) is 68.7 Å². The van der Waals surface area contributed by atoms with Crippen LogP contribution in [-0.4, -0.2) is 42.0 Å². The van der Waals surface area contributed by atoms with Gasteiger partial charge in [0.1, 0.15) is 5.56 Å². The molecule has 4 rings (SSSR count). The van der Waals surface area contributed by atoms with E-state index in [1.54, 1.807) is 29.3 Å². The molecule has 0 bridgehead atoms. The molecule has 0 saturated carbocycles. The second kappa shape index (κ2) is 5.88. The molecule has 0 unspecified atom stereocenters. The number of piperidine rings is 1. The molecule has 2 aromatic rings. The molecular formula is C19H18N2O4. The van der Waals surface area contributed by atoms with Gasteiger partial charge < -0.3 is 14.4 Å². The molecule has 6 nitrogen and oxygen atoms in total. The molecule has 0 radical (unpaired) electrons. The maximum Gasteiger partial charge on any atom is 0.339 e. The molecule has 128 valence electrons. The molecule has 25 heavy (non-hydrogen) atoms. The van der Waals surface area contributed by atoms with Gasteiger partial charge in [0.2, 0.25) is 5.88 Å². The zero-order valence-electron chi connectivity index (χ0n) is 13.9. The van der Waals surface area contributed by atoms with E-state index < -0.39 is 5.60 Å². The number of fused-ring (bicyclic) bond motifs is 2. The highest BCUT2D eigenvalue weighted by Crippen LogP contribution is 2.43. The van der Waals surface area contributed by atoms with Crippen LogP contribution in [0.15, 0.2) is 42.6 Å². The molecule has 0 aliphatic carbocycles. The number of benzene rings is 1. The maximum atomic E-state index is 13.0. The monoisotopic (exact) mass is 338 g/mol. The van der Waals surface area contributed by atoms with Crippen molar-refractivity contribution in [2.24, 2.45) is 0 Å². The van der Waals surface area contributed by atoms with Gasteiger partial charge in [0, 0.05) is 18.3 Å². The minimum Gasteiger partial charge on any atom is -0.480 e. The Morgan fingerprint density at radius 2 is 2.12 bits per heavy atom. The fourth-order valence-electron chi connectivity index (χ4n) is 3.73. The smallest absolute Gasteiger partial charge is 0.339 e. The molecule has 6 heteroatoms. The van der Waals surface area contributed by atoms with Gasteiger partial charge in [-0.15, -0.1) is 0 Å². The highest BCUT2D eigenvalue weighted by molar-refractivity contribution is 5.97. The largest absolute Gasteiger partial charge is 0.480 e. The van der Waals surface area contributed by atoms with Crippen molar-refractivity contribution in [3.63, 3.8) is 0 Å². The number of carbonyl (C=O) groups excluding carboxylic acids is 2. The highest BCUT2D eigenvalue weighted by atomic mass is 16.6. The number of methoxy groups -OCH3 is 1. The van der Waals surface area contributed by atoms with Gasteiger partial charge in [-0.2, -0.15) is 0 Å². The zero-order valence-corrected chi connectivity index (χ0v) is 13.9. The summed E-state index contributed by atoms with van der Waals surface area (Å²) in [6.07, 6.45) is 3.06. The first-order valence-electron chi connectivity index (χ1n) is 8.26. The Hall–Kier alpha value is -2.89. The number of hydrogen-bond acceptors (Lipinski definition) is 5. The van der Waals surface area contributed by atoms with Crippen LogP contribution in [0.1, 0.15) is 39.1 Å². The van der Waals surface area contributed by atoms with Gasteiger partial charge in [0.25, 0.3) is 5.91 Å². The van der Waals surface area contributed by atoms with Gasteiger partial charge in [0.15, 0.2) is 5.60 Å². The van der Waals surface area contributed by atoms with E-state index in [0.29, 0.717) is 36.5 Å². The number of ether oxygens (including phenoxy) is 2. The van der Waals surface area contributed by atoms with E-state index in [0.717, 1.165) is 12.0 Å². The van der Waals surface area contributed by atoms with Crippen molar-refractivity contribution in [2.75, 3.05) is 20.2 Å². The molecule has 3 heterocycles. The number of likely N-dealkylation sites (tertiary alicyclic amines) is 1. The second-order valence-electron chi connectivity index (χ2n) is 6.32. The van der Waals surface area contributed by atoms with Crippen LogP contribution in [0.4, 0.5) is 0 Å². The van der Waals surface area contributed by atoms with Crippen molar-refractivity contribution in [1.82, 2.24) is 9.88 Å². The van der Waals surface area contributed by atoms with Gasteiger partial charge in [-0.25, -0.2) is 9.78 Å². The SMILES string of the molecule is COc1ncccc1C(=O)N1CCC[C@@]2(C1)OC(=O)c1ccccc12. The predicted octanol–water partition coefficient (Wildman–Crippen LogP) is 2.39.